The number of benzene rings is 2. The average molecular weight is 332 g/mol. The number of nitrogens with one attached hydrogen (secondary N) is 1. The van der Waals surface area contributed by atoms with Crippen LogP contribution in [-0.2, 0) is 11.2 Å². The third-order valence-corrected chi connectivity index (χ3v) is 3.37. The zero-order valence-electron chi connectivity index (χ0n) is 12.1. The summed E-state index contributed by atoms with van der Waals surface area (Å²) in [6, 6.07) is 13.9. The van der Waals surface area contributed by atoms with E-state index in [2.05, 4.69) is 10.5 Å². The van der Waals surface area contributed by atoms with E-state index in [-0.39, 0.29) is 16.6 Å². The Morgan fingerprint density at radius 1 is 1.26 bits per heavy atom. The molecular weight excluding hydrogens is 318 g/mol. The van der Waals surface area contributed by atoms with Crippen LogP contribution < -0.4 is 5.43 Å². The lowest BCUT2D eigenvalue weighted by atomic mass is 10.1. The van der Waals surface area contributed by atoms with Crippen LogP contribution in [0.4, 0.5) is 5.69 Å². The zero-order valence-corrected chi connectivity index (χ0v) is 12.9. The Balaban J connectivity index is 1.87. The van der Waals surface area contributed by atoms with Gasteiger partial charge in [0.25, 0.3) is 5.69 Å². The van der Waals surface area contributed by atoms with Crippen LogP contribution in [0.2, 0.25) is 5.02 Å². The number of nitrogens with zero attached hydrogens (tertiary/aromatic N) is 2. The van der Waals surface area contributed by atoms with Crippen LogP contribution in [0, 0.1) is 10.1 Å². The van der Waals surface area contributed by atoms with E-state index in [9.17, 15) is 14.9 Å². The van der Waals surface area contributed by atoms with E-state index in [1.807, 2.05) is 30.3 Å². The predicted molar refractivity (Wildman–Crippen MR) is 88.6 cm³/mol. The minimum absolute atomic E-state index is 0.0547. The molecule has 0 aliphatic heterocycles. The molecule has 0 saturated heterocycles. The van der Waals surface area contributed by atoms with Gasteiger partial charge in [0.15, 0.2) is 0 Å². The molecule has 6 nitrogen and oxygen atoms in total. The molecular formula is C16H14ClN3O3. The Hall–Kier alpha value is -2.73. The van der Waals surface area contributed by atoms with Crippen LogP contribution in [0.25, 0.3) is 0 Å². The molecule has 0 bridgehead atoms. The lowest BCUT2D eigenvalue weighted by Gasteiger charge is -2.01. The molecule has 0 saturated carbocycles. The maximum Gasteiger partial charge on any atom is 0.288 e. The van der Waals surface area contributed by atoms with Crippen LogP contribution >= 0.6 is 11.6 Å². The molecule has 0 spiro atoms. The number of nitro groups is 1. The lowest BCUT2D eigenvalue weighted by molar-refractivity contribution is -0.384. The highest BCUT2D eigenvalue weighted by Gasteiger charge is 2.11. The highest BCUT2D eigenvalue weighted by Crippen LogP contribution is 2.24. The monoisotopic (exact) mass is 331 g/mol. The molecule has 0 heterocycles. The molecule has 2 rings (SSSR count). The van der Waals surface area contributed by atoms with Gasteiger partial charge in [-0.05, 0) is 18.1 Å². The van der Waals surface area contributed by atoms with Crippen molar-refractivity contribution < 1.29 is 9.72 Å². The van der Waals surface area contributed by atoms with Crippen LogP contribution in [0.15, 0.2) is 53.6 Å². The van der Waals surface area contributed by atoms with Crippen molar-refractivity contribution in [3.63, 3.8) is 0 Å². The number of halogens is 1. The standard InChI is InChI=1S/C16H14ClN3O3/c17-14-8-6-13(10-15(14)20(22)23)11-18-19-16(21)9-7-12-4-2-1-3-5-12/h1-6,8,10-11H,7,9H2,(H,19,21). The van der Waals surface area contributed by atoms with Gasteiger partial charge in [0.1, 0.15) is 5.02 Å². The fraction of sp³-hybridized carbons (Fsp3) is 0.125. The van der Waals surface area contributed by atoms with Gasteiger partial charge in [-0.15, -0.1) is 0 Å². The Morgan fingerprint density at radius 3 is 2.70 bits per heavy atom. The van der Waals surface area contributed by atoms with Gasteiger partial charge in [-0.3, -0.25) is 14.9 Å². The van der Waals surface area contributed by atoms with Gasteiger partial charge in [-0.25, -0.2) is 5.43 Å². The predicted octanol–water partition coefficient (Wildman–Crippen LogP) is 3.33. The van der Waals surface area contributed by atoms with E-state index in [0.29, 0.717) is 18.4 Å². The van der Waals surface area contributed by atoms with Crippen LogP contribution in [0.3, 0.4) is 0 Å². The van der Waals surface area contributed by atoms with Gasteiger partial charge in [0.05, 0.1) is 11.1 Å². The average Bonchev–Trinajstić information content (AvgIpc) is 2.55. The van der Waals surface area contributed by atoms with Crippen molar-refractivity contribution in [3.05, 3.63) is 74.8 Å². The fourth-order valence-electron chi connectivity index (χ4n) is 1.89. The number of carbonyl (C=O) groups excluding carboxylic acids is 1. The summed E-state index contributed by atoms with van der Waals surface area (Å²) in [5.41, 5.74) is 3.74. The molecule has 0 radical (unpaired) electrons. The van der Waals surface area contributed by atoms with E-state index in [1.165, 1.54) is 18.3 Å². The smallest absolute Gasteiger partial charge is 0.273 e. The Morgan fingerprint density at radius 2 is 2.00 bits per heavy atom. The molecule has 0 fully saturated rings. The second-order valence-electron chi connectivity index (χ2n) is 4.75. The van der Waals surface area contributed by atoms with Crippen molar-refractivity contribution in [2.45, 2.75) is 12.8 Å². The summed E-state index contributed by atoms with van der Waals surface area (Å²) in [4.78, 5) is 21.9. The summed E-state index contributed by atoms with van der Waals surface area (Å²) in [6.45, 7) is 0. The molecule has 0 aliphatic rings. The maximum atomic E-state index is 11.7. The highest BCUT2D eigenvalue weighted by molar-refractivity contribution is 6.32. The fourth-order valence-corrected chi connectivity index (χ4v) is 2.07. The number of hydrogen-bond donors (Lipinski definition) is 1. The number of hydrogen-bond acceptors (Lipinski definition) is 4. The van der Waals surface area contributed by atoms with E-state index < -0.39 is 4.92 Å². The summed E-state index contributed by atoms with van der Waals surface area (Å²) in [6.07, 6.45) is 2.26. The van der Waals surface area contributed by atoms with Gasteiger partial charge in [-0.2, -0.15) is 5.10 Å². The van der Waals surface area contributed by atoms with Gasteiger partial charge >= 0.3 is 0 Å². The second kappa shape index (κ2) is 8.05. The number of amides is 1. The summed E-state index contributed by atoms with van der Waals surface area (Å²) in [5, 5.41) is 14.6. The van der Waals surface area contributed by atoms with Gasteiger partial charge < -0.3 is 0 Å². The molecule has 1 amide bonds. The molecule has 0 aliphatic carbocycles. The minimum Gasteiger partial charge on any atom is -0.273 e. The normalized spacial score (nSPS) is 10.7. The Labute approximate surface area is 137 Å². The highest BCUT2D eigenvalue weighted by atomic mass is 35.5. The molecule has 23 heavy (non-hydrogen) atoms. The van der Waals surface area contributed by atoms with Crippen LogP contribution in [-0.4, -0.2) is 17.0 Å². The van der Waals surface area contributed by atoms with E-state index in [1.54, 1.807) is 6.07 Å². The minimum atomic E-state index is -0.571. The topological polar surface area (TPSA) is 84.6 Å². The maximum absolute atomic E-state index is 11.7. The van der Waals surface area contributed by atoms with Crippen LogP contribution in [0.5, 0.6) is 0 Å². The summed E-state index contributed by atoms with van der Waals surface area (Å²) in [7, 11) is 0. The molecule has 2 aromatic carbocycles. The van der Waals surface area contributed by atoms with Crippen molar-refractivity contribution >= 4 is 29.4 Å². The van der Waals surface area contributed by atoms with Crippen molar-refractivity contribution in [3.8, 4) is 0 Å². The number of carbonyl (C=O) groups is 1. The number of aryl methyl sites for hydroxylation is 1. The van der Waals surface area contributed by atoms with Gasteiger partial charge in [0, 0.05) is 18.1 Å². The van der Waals surface area contributed by atoms with E-state index in [0.717, 1.165) is 5.56 Å². The molecule has 0 aromatic heterocycles. The molecule has 1 N–H and O–H groups in total. The first-order valence-electron chi connectivity index (χ1n) is 6.86. The van der Waals surface area contributed by atoms with Gasteiger partial charge in [-0.1, -0.05) is 48.0 Å². The van der Waals surface area contributed by atoms with Crippen LogP contribution in [0.1, 0.15) is 17.5 Å². The third-order valence-electron chi connectivity index (χ3n) is 3.05. The molecule has 0 unspecified atom stereocenters. The lowest BCUT2D eigenvalue weighted by Crippen LogP contribution is -2.17. The molecule has 7 heteroatoms. The Kier molecular flexibility index (Phi) is 5.82. The van der Waals surface area contributed by atoms with Gasteiger partial charge in [0.2, 0.25) is 5.91 Å². The van der Waals surface area contributed by atoms with Crippen molar-refractivity contribution in [1.29, 1.82) is 0 Å². The number of nitro benzene ring substituents is 1. The quantitative estimate of drug-likeness (QED) is 0.500. The van der Waals surface area contributed by atoms with E-state index in [4.69, 9.17) is 11.6 Å². The Bertz CT molecular complexity index is 733. The number of hydrazone groups is 1. The zero-order chi connectivity index (χ0) is 16.7. The number of rotatable bonds is 6. The second-order valence-corrected chi connectivity index (χ2v) is 5.15. The van der Waals surface area contributed by atoms with Crippen molar-refractivity contribution in [2.24, 2.45) is 5.10 Å². The largest absolute Gasteiger partial charge is 0.288 e. The molecule has 118 valence electrons. The van der Waals surface area contributed by atoms with Crippen molar-refractivity contribution in [2.75, 3.05) is 0 Å². The van der Waals surface area contributed by atoms with E-state index >= 15 is 0 Å². The first-order valence-corrected chi connectivity index (χ1v) is 7.24. The third kappa shape index (κ3) is 5.19. The summed E-state index contributed by atoms with van der Waals surface area (Å²) < 4.78 is 0. The molecule has 0 atom stereocenters. The first-order chi connectivity index (χ1) is 11.1. The molecule has 2 aromatic rings. The summed E-state index contributed by atoms with van der Waals surface area (Å²) in [5.74, 6) is -0.228. The van der Waals surface area contributed by atoms with Crippen molar-refractivity contribution in [1.82, 2.24) is 5.43 Å². The SMILES string of the molecule is O=C(CCc1ccccc1)NN=Cc1ccc(Cl)c([N+](=O)[O-])c1. The summed E-state index contributed by atoms with van der Waals surface area (Å²) >= 11 is 5.72. The first kappa shape index (κ1) is 16.6.